The van der Waals surface area contributed by atoms with Crippen molar-refractivity contribution in [3.8, 4) is 5.75 Å². The lowest BCUT2D eigenvalue weighted by atomic mass is 10.0. The van der Waals surface area contributed by atoms with E-state index in [9.17, 15) is 24.6 Å². The molecule has 0 radical (unpaired) electrons. The predicted octanol–water partition coefficient (Wildman–Crippen LogP) is 3.26. The number of imidazole rings is 1. The third-order valence-corrected chi connectivity index (χ3v) is 8.01. The van der Waals surface area contributed by atoms with E-state index in [0.717, 1.165) is 0 Å². The van der Waals surface area contributed by atoms with E-state index in [1.165, 1.54) is 17.2 Å². The normalized spacial score (nSPS) is 19.9. The number of benzene rings is 2. The van der Waals surface area contributed by atoms with Crippen LogP contribution in [-0.2, 0) is 32.1 Å². The van der Waals surface area contributed by atoms with Crippen LogP contribution >= 0.6 is 23.2 Å². The van der Waals surface area contributed by atoms with Crippen molar-refractivity contribution >= 4 is 58.2 Å². The molecular formula is C31H33Cl2N7O8. The van der Waals surface area contributed by atoms with E-state index in [1.54, 1.807) is 63.2 Å². The van der Waals surface area contributed by atoms with Gasteiger partial charge >= 0.3 is 12.1 Å². The molecule has 254 valence electrons. The van der Waals surface area contributed by atoms with Crippen molar-refractivity contribution in [1.29, 1.82) is 0 Å². The number of aliphatic carboxylic acids is 1. The van der Waals surface area contributed by atoms with Crippen LogP contribution in [0.3, 0.4) is 0 Å². The van der Waals surface area contributed by atoms with Gasteiger partial charge in [0.05, 0.1) is 12.4 Å². The molecule has 15 nitrogen and oxygen atoms in total. The highest BCUT2D eigenvalue weighted by Crippen LogP contribution is 2.32. The summed E-state index contributed by atoms with van der Waals surface area (Å²) >= 11 is 12.5. The number of carboxylic acid groups (broad SMARTS) is 1. The smallest absolute Gasteiger partial charge is 0.408 e. The Labute approximate surface area is 284 Å². The van der Waals surface area contributed by atoms with Crippen LogP contribution in [0.1, 0.15) is 38.1 Å². The van der Waals surface area contributed by atoms with Crippen molar-refractivity contribution < 1.29 is 38.8 Å². The maximum absolute atomic E-state index is 13.7. The zero-order chi connectivity index (χ0) is 34.7. The molecule has 17 heteroatoms. The molecule has 1 aliphatic heterocycles. The lowest BCUT2D eigenvalue weighted by molar-refractivity contribution is -0.152. The van der Waals surface area contributed by atoms with Crippen molar-refractivity contribution in [2.24, 2.45) is 0 Å². The maximum Gasteiger partial charge on any atom is 0.408 e. The Balaban J connectivity index is 1.33. The number of aliphatic hydroxyl groups excluding tert-OH is 1. The summed E-state index contributed by atoms with van der Waals surface area (Å²) in [5.41, 5.74) is 6.65. The van der Waals surface area contributed by atoms with Crippen molar-refractivity contribution in [1.82, 2.24) is 30.2 Å². The minimum Gasteiger partial charge on any atom is -0.489 e. The van der Waals surface area contributed by atoms with Crippen LogP contribution in [-0.4, -0.2) is 77.6 Å². The first-order valence-corrected chi connectivity index (χ1v) is 15.4. The van der Waals surface area contributed by atoms with Gasteiger partial charge in [-0.25, -0.2) is 24.5 Å². The lowest BCUT2D eigenvalue weighted by Gasteiger charge is -2.26. The standard InChI is InChI=1S/C31H33Cl2N7O8/c1-31(2,3)48-30(45)38-20(11-15-7-9-16(10-8-15)46-12-17-18(32)5-4-6-19(17)33)27(42)39-21-23(41)28(47-24(21)29(43)44)40-14-37-22-25(34)35-13-36-26(22)40/h4-10,13-14,20-21,23-24,28,41H,11-12H2,1-3H3,(H,38,45)(H,39,42)(H,43,44)(H2,34,35,36)/t20-,21-,23+,24-,28+/m0/s1. The molecule has 1 saturated heterocycles. The summed E-state index contributed by atoms with van der Waals surface area (Å²) in [6.45, 7) is 5.12. The Morgan fingerprint density at radius 3 is 2.42 bits per heavy atom. The van der Waals surface area contributed by atoms with Gasteiger partial charge in [0.25, 0.3) is 0 Å². The van der Waals surface area contributed by atoms with Crippen molar-refractivity contribution in [3.05, 3.63) is 76.3 Å². The molecule has 2 aromatic heterocycles. The molecular weight excluding hydrogens is 669 g/mol. The molecule has 2 aromatic carbocycles. The fraction of sp³-hybridized carbons (Fsp3) is 0.355. The number of anilines is 1. The largest absolute Gasteiger partial charge is 0.489 e. The molecule has 48 heavy (non-hydrogen) atoms. The highest BCUT2D eigenvalue weighted by atomic mass is 35.5. The van der Waals surface area contributed by atoms with Gasteiger partial charge in [0.2, 0.25) is 5.91 Å². The number of nitrogens with one attached hydrogen (secondary N) is 2. The molecule has 1 fully saturated rings. The van der Waals surface area contributed by atoms with Crippen LogP contribution in [0, 0.1) is 0 Å². The molecule has 0 aliphatic carbocycles. The number of ether oxygens (including phenoxy) is 3. The zero-order valence-corrected chi connectivity index (χ0v) is 27.5. The second-order valence-corrected chi connectivity index (χ2v) is 12.7. The fourth-order valence-corrected chi connectivity index (χ4v) is 5.54. The summed E-state index contributed by atoms with van der Waals surface area (Å²) in [5, 5.41) is 27.2. The summed E-state index contributed by atoms with van der Waals surface area (Å²) in [6, 6.07) is 9.19. The lowest BCUT2D eigenvalue weighted by Crippen LogP contribution is -2.56. The van der Waals surface area contributed by atoms with E-state index in [-0.39, 0.29) is 30.0 Å². The number of alkyl carbamates (subject to hydrolysis) is 1. The second kappa shape index (κ2) is 14.2. The Hall–Kier alpha value is -4.70. The molecule has 2 amide bonds. The first-order chi connectivity index (χ1) is 22.7. The quantitative estimate of drug-likeness (QED) is 0.161. The number of fused-ring (bicyclic) bond motifs is 1. The summed E-state index contributed by atoms with van der Waals surface area (Å²) in [6.07, 6.45) is -3.00. The number of carbonyl (C=O) groups is 3. The minimum atomic E-state index is -1.67. The van der Waals surface area contributed by atoms with Crippen molar-refractivity contribution in [2.45, 2.75) is 69.9 Å². The SMILES string of the molecule is CC(C)(C)OC(=O)N[C@@H](Cc1ccc(OCc2c(Cl)cccc2Cl)cc1)C(=O)N[C@H]1[C@@H](O)[C@H](n2cnc3c(N)ncnc32)O[C@@H]1C(=O)O. The molecule has 3 heterocycles. The van der Waals surface area contributed by atoms with Gasteiger partial charge in [-0.1, -0.05) is 41.4 Å². The van der Waals surface area contributed by atoms with Gasteiger partial charge in [0, 0.05) is 22.0 Å². The summed E-state index contributed by atoms with van der Waals surface area (Å²) in [7, 11) is 0. The Morgan fingerprint density at radius 1 is 1.08 bits per heavy atom. The van der Waals surface area contributed by atoms with Crippen molar-refractivity contribution in [2.75, 3.05) is 5.73 Å². The topological polar surface area (TPSA) is 213 Å². The zero-order valence-electron chi connectivity index (χ0n) is 26.0. The summed E-state index contributed by atoms with van der Waals surface area (Å²) in [5.74, 6) is -1.66. The van der Waals surface area contributed by atoms with Gasteiger partial charge in [0.1, 0.15) is 41.9 Å². The van der Waals surface area contributed by atoms with Crippen LogP contribution in [0.4, 0.5) is 10.6 Å². The number of hydrogen-bond donors (Lipinski definition) is 5. The highest BCUT2D eigenvalue weighted by molar-refractivity contribution is 6.35. The van der Waals surface area contributed by atoms with Crippen LogP contribution in [0.5, 0.6) is 5.75 Å². The number of carboxylic acids is 1. The number of aliphatic hydroxyl groups is 1. The first kappa shape index (κ1) is 34.6. The number of nitrogens with two attached hydrogens (primary N) is 1. The Morgan fingerprint density at radius 2 is 1.77 bits per heavy atom. The highest BCUT2D eigenvalue weighted by Gasteiger charge is 2.50. The number of nitrogens with zero attached hydrogens (tertiary/aromatic N) is 4. The monoisotopic (exact) mass is 701 g/mol. The Bertz CT molecular complexity index is 1790. The third-order valence-electron chi connectivity index (χ3n) is 7.30. The number of amides is 2. The van der Waals surface area contributed by atoms with Gasteiger partial charge < -0.3 is 40.8 Å². The number of carbonyl (C=O) groups excluding carboxylic acids is 2. The number of aromatic nitrogens is 4. The summed E-state index contributed by atoms with van der Waals surface area (Å²) < 4.78 is 18.2. The van der Waals surface area contributed by atoms with E-state index in [1.807, 2.05) is 0 Å². The van der Waals surface area contributed by atoms with Gasteiger partial charge in [0.15, 0.2) is 23.8 Å². The third kappa shape index (κ3) is 7.87. The van der Waals surface area contributed by atoms with Gasteiger partial charge in [-0.3, -0.25) is 9.36 Å². The van der Waals surface area contributed by atoms with E-state index < -0.39 is 54.1 Å². The van der Waals surface area contributed by atoms with Gasteiger partial charge in [-0.05, 0) is 50.6 Å². The molecule has 0 spiro atoms. The second-order valence-electron chi connectivity index (χ2n) is 11.9. The molecule has 0 unspecified atom stereocenters. The number of nitrogen functional groups attached to an aromatic ring is 1. The molecule has 4 aromatic rings. The number of hydrogen-bond acceptors (Lipinski definition) is 11. The number of rotatable bonds is 10. The molecule has 0 saturated carbocycles. The van der Waals surface area contributed by atoms with Crippen LogP contribution < -0.4 is 21.1 Å². The van der Waals surface area contributed by atoms with Gasteiger partial charge in [-0.15, -0.1) is 0 Å². The van der Waals surface area contributed by atoms with Crippen LogP contribution in [0.2, 0.25) is 10.0 Å². The van der Waals surface area contributed by atoms with Crippen LogP contribution in [0.15, 0.2) is 55.1 Å². The molecule has 0 bridgehead atoms. The van der Waals surface area contributed by atoms with E-state index in [2.05, 4.69) is 25.6 Å². The van der Waals surface area contributed by atoms with E-state index >= 15 is 0 Å². The van der Waals surface area contributed by atoms with E-state index in [4.69, 9.17) is 43.1 Å². The fourth-order valence-electron chi connectivity index (χ4n) is 5.04. The van der Waals surface area contributed by atoms with Crippen LogP contribution in [0.25, 0.3) is 11.2 Å². The molecule has 5 rings (SSSR count). The number of halogens is 2. The molecule has 1 aliphatic rings. The van der Waals surface area contributed by atoms with Crippen molar-refractivity contribution in [3.63, 3.8) is 0 Å². The average molecular weight is 703 g/mol. The summed E-state index contributed by atoms with van der Waals surface area (Å²) in [4.78, 5) is 50.8. The maximum atomic E-state index is 13.7. The molecule has 6 N–H and O–H groups in total. The molecule has 5 atom stereocenters. The predicted molar refractivity (Wildman–Crippen MR) is 173 cm³/mol. The minimum absolute atomic E-state index is 0.0328. The average Bonchev–Trinajstić information content (AvgIpc) is 3.58. The first-order valence-electron chi connectivity index (χ1n) is 14.7. The van der Waals surface area contributed by atoms with Gasteiger partial charge in [-0.2, -0.15) is 0 Å². The Kier molecular flexibility index (Phi) is 10.2. The van der Waals surface area contributed by atoms with E-state index in [0.29, 0.717) is 26.9 Å².